The van der Waals surface area contributed by atoms with Gasteiger partial charge in [0.15, 0.2) is 0 Å². The molecule has 2 saturated heterocycles. The Kier molecular flexibility index (Phi) is 2.89. The van der Waals surface area contributed by atoms with Crippen LogP contribution in [0.15, 0.2) is 0 Å². The number of hydrogen-bond acceptors (Lipinski definition) is 4. The third-order valence-electron chi connectivity index (χ3n) is 3.91. The maximum absolute atomic E-state index is 12.2. The summed E-state index contributed by atoms with van der Waals surface area (Å²) in [6.45, 7) is 6.16. The van der Waals surface area contributed by atoms with Gasteiger partial charge in [0.2, 0.25) is 5.91 Å². The lowest BCUT2D eigenvalue weighted by Gasteiger charge is -2.29. The summed E-state index contributed by atoms with van der Waals surface area (Å²) in [5, 5.41) is 0. The van der Waals surface area contributed by atoms with Crippen LogP contribution in [0, 0.1) is 11.8 Å². The number of carbonyl (C=O) groups excluding carboxylic acids is 2. The van der Waals surface area contributed by atoms with Gasteiger partial charge in [-0.2, -0.15) is 0 Å². The molecule has 0 aromatic rings. The van der Waals surface area contributed by atoms with Crippen molar-refractivity contribution in [1.29, 1.82) is 0 Å². The molecule has 3 unspecified atom stereocenters. The number of esters is 1. The normalized spacial score (nSPS) is 34.9. The van der Waals surface area contributed by atoms with Crippen molar-refractivity contribution in [1.82, 2.24) is 4.90 Å². The lowest BCUT2D eigenvalue weighted by Crippen LogP contribution is -2.44. The van der Waals surface area contributed by atoms with E-state index in [0.717, 1.165) is 0 Å². The third kappa shape index (κ3) is 1.82. The van der Waals surface area contributed by atoms with E-state index in [1.165, 1.54) is 7.11 Å². The Balaban J connectivity index is 2.20. The zero-order valence-corrected chi connectivity index (χ0v) is 10.7. The van der Waals surface area contributed by atoms with Crippen LogP contribution < -0.4 is 0 Å². The summed E-state index contributed by atoms with van der Waals surface area (Å²) in [6.07, 6.45) is 0.282. The molecule has 0 aromatic heterocycles. The van der Waals surface area contributed by atoms with E-state index < -0.39 is 5.72 Å². The Morgan fingerprint density at radius 2 is 2.24 bits per heavy atom. The number of amides is 1. The number of ether oxygens (including phenoxy) is 2. The molecule has 96 valence electrons. The summed E-state index contributed by atoms with van der Waals surface area (Å²) < 4.78 is 10.3. The van der Waals surface area contributed by atoms with Crippen molar-refractivity contribution < 1.29 is 19.1 Å². The van der Waals surface area contributed by atoms with E-state index in [1.807, 2.05) is 20.8 Å². The summed E-state index contributed by atoms with van der Waals surface area (Å²) >= 11 is 0. The molecule has 5 heteroatoms. The van der Waals surface area contributed by atoms with Gasteiger partial charge in [-0.1, -0.05) is 6.92 Å². The first kappa shape index (κ1) is 12.4. The molecule has 0 aromatic carbocycles. The van der Waals surface area contributed by atoms with Crippen LogP contribution in [0.3, 0.4) is 0 Å². The molecule has 2 heterocycles. The maximum atomic E-state index is 12.2. The van der Waals surface area contributed by atoms with Crippen molar-refractivity contribution in [2.24, 2.45) is 11.8 Å². The molecule has 0 spiro atoms. The Morgan fingerprint density at radius 1 is 1.59 bits per heavy atom. The minimum Gasteiger partial charge on any atom is -0.469 e. The van der Waals surface area contributed by atoms with Gasteiger partial charge in [0.05, 0.1) is 26.2 Å². The fourth-order valence-corrected chi connectivity index (χ4v) is 2.90. The van der Waals surface area contributed by atoms with Crippen LogP contribution in [0.5, 0.6) is 0 Å². The van der Waals surface area contributed by atoms with Gasteiger partial charge < -0.3 is 14.4 Å². The summed E-state index contributed by atoms with van der Waals surface area (Å²) in [6, 6.07) is 0.00611. The standard InChI is InChI=1S/C12H19NO4/c1-7-8(5-10(14)16-4)9-6-17-12(2,3)13(9)11(7)15/h7-9H,5-6H2,1-4H3. The molecular formula is C12H19NO4. The van der Waals surface area contributed by atoms with E-state index in [-0.39, 0.29) is 36.2 Å². The molecule has 1 amide bonds. The van der Waals surface area contributed by atoms with Crippen LogP contribution >= 0.6 is 0 Å². The molecule has 2 rings (SSSR count). The van der Waals surface area contributed by atoms with E-state index in [9.17, 15) is 9.59 Å². The van der Waals surface area contributed by atoms with Crippen LogP contribution in [0.2, 0.25) is 0 Å². The van der Waals surface area contributed by atoms with Crippen molar-refractivity contribution in [2.45, 2.75) is 39.0 Å². The molecule has 17 heavy (non-hydrogen) atoms. The number of rotatable bonds is 2. The van der Waals surface area contributed by atoms with Crippen LogP contribution in [0.4, 0.5) is 0 Å². The SMILES string of the molecule is COC(=O)CC1C(C)C(=O)N2C1COC2(C)C. The number of fused-ring (bicyclic) bond motifs is 1. The van der Waals surface area contributed by atoms with E-state index in [2.05, 4.69) is 4.74 Å². The predicted molar refractivity (Wildman–Crippen MR) is 60.0 cm³/mol. The highest BCUT2D eigenvalue weighted by Crippen LogP contribution is 2.42. The molecule has 2 aliphatic heterocycles. The number of nitrogens with zero attached hydrogens (tertiary/aromatic N) is 1. The fraction of sp³-hybridized carbons (Fsp3) is 0.833. The summed E-state index contributed by atoms with van der Waals surface area (Å²) in [4.78, 5) is 25.3. The molecule has 0 bridgehead atoms. The summed E-state index contributed by atoms with van der Waals surface area (Å²) in [7, 11) is 1.37. The van der Waals surface area contributed by atoms with Gasteiger partial charge >= 0.3 is 5.97 Å². The van der Waals surface area contributed by atoms with Gasteiger partial charge in [-0.25, -0.2) is 0 Å². The first-order valence-corrected chi connectivity index (χ1v) is 5.92. The van der Waals surface area contributed by atoms with E-state index >= 15 is 0 Å². The first-order valence-electron chi connectivity index (χ1n) is 5.92. The number of carbonyl (C=O) groups is 2. The van der Waals surface area contributed by atoms with Crippen molar-refractivity contribution in [2.75, 3.05) is 13.7 Å². The van der Waals surface area contributed by atoms with Gasteiger partial charge in [-0.15, -0.1) is 0 Å². The fourth-order valence-electron chi connectivity index (χ4n) is 2.90. The van der Waals surface area contributed by atoms with Crippen LogP contribution in [0.25, 0.3) is 0 Å². The Labute approximate surface area is 101 Å². The minimum absolute atomic E-state index is 0.00303. The Bertz CT molecular complexity index is 352. The summed E-state index contributed by atoms with van der Waals surface area (Å²) in [5.74, 6) is -0.327. The van der Waals surface area contributed by atoms with Crippen molar-refractivity contribution >= 4 is 11.9 Å². The first-order chi connectivity index (χ1) is 7.88. The van der Waals surface area contributed by atoms with Gasteiger partial charge in [0.25, 0.3) is 0 Å². The van der Waals surface area contributed by atoms with Crippen LogP contribution in [0.1, 0.15) is 27.2 Å². The van der Waals surface area contributed by atoms with Crippen LogP contribution in [-0.4, -0.2) is 42.3 Å². The maximum Gasteiger partial charge on any atom is 0.305 e. The quantitative estimate of drug-likeness (QED) is 0.670. The Hall–Kier alpha value is -1.10. The molecule has 3 atom stereocenters. The minimum atomic E-state index is -0.555. The smallest absolute Gasteiger partial charge is 0.305 e. The predicted octanol–water partition coefficient (Wildman–Crippen LogP) is 0.779. The third-order valence-corrected chi connectivity index (χ3v) is 3.91. The Morgan fingerprint density at radius 3 is 2.82 bits per heavy atom. The summed E-state index contributed by atoms with van der Waals surface area (Å²) in [5.41, 5.74) is -0.555. The highest BCUT2D eigenvalue weighted by molar-refractivity contribution is 5.84. The van der Waals surface area contributed by atoms with E-state index in [0.29, 0.717) is 6.61 Å². The average Bonchev–Trinajstić information content (AvgIpc) is 2.70. The second-order valence-corrected chi connectivity index (χ2v) is 5.27. The second-order valence-electron chi connectivity index (χ2n) is 5.27. The topological polar surface area (TPSA) is 55.8 Å². The molecule has 5 nitrogen and oxygen atoms in total. The highest BCUT2D eigenvalue weighted by atomic mass is 16.5. The van der Waals surface area contributed by atoms with E-state index in [1.54, 1.807) is 4.90 Å². The van der Waals surface area contributed by atoms with E-state index in [4.69, 9.17) is 4.74 Å². The average molecular weight is 241 g/mol. The zero-order valence-electron chi connectivity index (χ0n) is 10.7. The molecule has 0 saturated carbocycles. The number of hydrogen-bond donors (Lipinski definition) is 0. The molecule has 0 N–H and O–H groups in total. The molecule has 0 aliphatic carbocycles. The van der Waals surface area contributed by atoms with Crippen LogP contribution in [-0.2, 0) is 19.1 Å². The van der Waals surface area contributed by atoms with Gasteiger partial charge in [-0.05, 0) is 13.8 Å². The molecular weight excluding hydrogens is 222 g/mol. The monoisotopic (exact) mass is 241 g/mol. The molecule has 2 aliphatic rings. The highest BCUT2D eigenvalue weighted by Gasteiger charge is 2.55. The zero-order chi connectivity index (χ0) is 12.8. The molecule has 0 radical (unpaired) electrons. The molecule has 2 fully saturated rings. The largest absolute Gasteiger partial charge is 0.469 e. The second kappa shape index (κ2) is 3.98. The van der Waals surface area contributed by atoms with Crippen molar-refractivity contribution in [3.63, 3.8) is 0 Å². The number of methoxy groups -OCH3 is 1. The van der Waals surface area contributed by atoms with Gasteiger partial charge in [-0.3, -0.25) is 9.59 Å². The van der Waals surface area contributed by atoms with Crippen molar-refractivity contribution in [3.05, 3.63) is 0 Å². The van der Waals surface area contributed by atoms with Gasteiger partial charge in [0.1, 0.15) is 5.72 Å². The lowest BCUT2D eigenvalue weighted by molar-refractivity contribution is -0.144. The van der Waals surface area contributed by atoms with Gasteiger partial charge in [0, 0.05) is 11.8 Å². The van der Waals surface area contributed by atoms with Crippen molar-refractivity contribution in [3.8, 4) is 0 Å². The lowest BCUT2D eigenvalue weighted by atomic mass is 9.89.